The molecule has 0 radical (unpaired) electrons. The zero-order valence-corrected chi connectivity index (χ0v) is 15.7. The van der Waals surface area contributed by atoms with Crippen LogP contribution in [0.4, 0.5) is 4.39 Å². The lowest BCUT2D eigenvalue weighted by Gasteiger charge is -2.15. The molecule has 0 aliphatic carbocycles. The molecule has 0 saturated carbocycles. The van der Waals surface area contributed by atoms with Gasteiger partial charge in [-0.25, -0.2) is 12.8 Å². The molecule has 1 heterocycles. The summed E-state index contributed by atoms with van der Waals surface area (Å²) in [5, 5.41) is 0. The van der Waals surface area contributed by atoms with Gasteiger partial charge in [-0.05, 0) is 36.4 Å². The number of nitrogens with zero attached hydrogens (tertiary/aromatic N) is 3. The maximum atomic E-state index is 13.0. The minimum absolute atomic E-state index is 0.0818. The van der Waals surface area contributed by atoms with Crippen LogP contribution in [0.25, 0.3) is 10.2 Å². The summed E-state index contributed by atoms with van der Waals surface area (Å²) in [5.41, 5.74) is 0.941. The molecule has 3 rings (SSSR count). The van der Waals surface area contributed by atoms with Crippen molar-refractivity contribution >= 4 is 37.5 Å². The zero-order valence-electron chi connectivity index (χ0n) is 14.1. The van der Waals surface area contributed by atoms with Gasteiger partial charge in [0.15, 0.2) is 4.80 Å². The Morgan fingerprint density at radius 2 is 1.85 bits per heavy atom. The van der Waals surface area contributed by atoms with Crippen molar-refractivity contribution in [1.29, 1.82) is 0 Å². The van der Waals surface area contributed by atoms with Gasteiger partial charge in [-0.1, -0.05) is 23.5 Å². The first-order valence-electron chi connectivity index (χ1n) is 7.63. The van der Waals surface area contributed by atoms with Crippen LogP contribution in [-0.4, -0.2) is 36.8 Å². The van der Waals surface area contributed by atoms with Gasteiger partial charge in [0.05, 0.1) is 21.7 Å². The monoisotopic (exact) mass is 393 g/mol. The lowest BCUT2D eigenvalue weighted by atomic mass is 10.3. The lowest BCUT2D eigenvalue weighted by molar-refractivity contribution is -0.118. The number of hydrogen-bond acceptors (Lipinski definition) is 4. The second-order valence-corrected chi connectivity index (χ2v) is 8.69. The van der Waals surface area contributed by atoms with Gasteiger partial charge in [-0.15, -0.1) is 0 Å². The summed E-state index contributed by atoms with van der Waals surface area (Å²) in [5.74, 6) is -1.12. The van der Waals surface area contributed by atoms with Gasteiger partial charge in [-0.3, -0.25) is 4.79 Å². The number of benzene rings is 2. The molecule has 136 valence electrons. The van der Waals surface area contributed by atoms with Crippen molar-refractivity contribution in [2.45, 2.75) is 4.90 Å². The van der Waals surface area contributed by atoms with Crippen LogP contribution in [0, 0.1) is 5.82 Å². The molecule has 0 N–H and O–H groups in total. The highest BCUT2D eigenvalue weighted by Gasteiger charge is 2.23. The maximum absolute atomic E-state index is 13.0. The number of sulfonamides is 1. The van der Waals surface area contributed by atoms with E-state index in [-0.39, 0.29) is 4.90 Å². The molecule has 0 aliphatic heterocycles. The van der Waals surface area contributed by atoms with Crippen LogP contribution in [0.15, 0.2) is 58.4 Å². The molecule has 1 amide bonds. The summed E-state index contributed by atoms with van der Waals surface area (Å²) in [6.45, 7) is -0.409. The SMILES string of the molecule is CN(CC(=O)N=c1sc2ccccc2n1C)S(=O)(=O)c1ccc(F)cc1. The molecule has 0 aliphatic rings. The molecule has 26 heavy (non-hydrogen) atoms. The number of likely N-dealkylation sites (N-methyl/N-ethyl adjacent to an activating group) is 1. The average molecular weight is 393 g/mol. The minimum atomic E-state index is -3.90. The standard InChI is InChI=1S/C17H16FN3O3S2/c1-20(26(23,24)13-9-7-12(18)8-10-13)11-16(22)19-17-21(2)14-5-3-4-6-15(14)25-17/h3-10H,11H2,1-2H3. The summed E-state index contributed by atoms with van der Waals surface area (Å²) in [7, 11) is -0.811. The largest absolute Gasteiger partial charge is 0.319 e. The number of fused-ring (bicyclic) bond motifs is 1. The van der Waals surface area contributed by atoms with E-state index in [0.29, 0.717) is 4.80 Å². The highest BCUT2D eigenvalue weighted by molar-refractivity contribution is 7.89. The Kier molecular flexibility index (Phi) is 5.03. The predicted octanol–water partition coefficient (Wildman–Crippen LogP) is 2.13. The highest BCUT2D eigenvalue weighted by Crippen LogP contribution is 2.16. The Hall–Kier alpha value is -2.36. The average Bonchev–Trinajstić information content (AvgIpc) is 2.91. The van der Waals surface area contributed by atoms with Gasteiger partial charge < -0.3 is 4.57 Å². The van der Waals surface area contributed by atoms with Crippen LogP contribution in [0.3, 0.4) is 0 Å². The Morgan fingerprint density at radius 1 is 1.19 bits per heavy atom. The van der Waals surface area contributed by atoms with Gasteiger partial charge in [0, 0.05) is 14.1 Å². The molecule has 2 aromatic carbocycles. The number of carbonyl (C=O) groups is 1. The third-order valence-electron chi connectivity index (χ3n) is 3.81. The van der Waals surface area contributed by atoms with Crippen LogP contribution < -0.4 is 4.80 Å². The van der Waals surface area contributed by atoms with E-state index in [1.54, 1.807) is 11.6 Å². The smallest absolute Gasteiger partial charge is 0.263 e. The first-order chi connectivity index (χ1) is 12.3. The summed E-state index contributed by atoms with van der Waals surface area (Å²) in [6.07, 6.45) is 0. The van der Waals surface area contributed by atoms with Gasteiger partial charge in [0.1, 0.15) is 5.82 Å². The molecule has 0 atom stereocenters. The van der Waals surface area contributed by atoms with E-state index in [1.807, 2.05) is 24.3 Å². The molecular formula is C17H16FN3O3S2. The quantitative estimate of drug-likeness (QED) is 0.682. The van der Waals surface area contributed by atoms with Crippen LogP contribution in [0.2, 0.25) is 0 Å². The van der Waals surface area contributed by atoms with E-state index in [1.165, 1.54) is 18.4 Å². The number of rotatable bonds is 4. The van der Waals surface area contributed by atoms with Crippen molar-refractivity contribution in [3.05, 3.63) is 59.1 Å². The fraction of sp³-hybridized carbons (Fsp3) is 0.176. The third-order valence-corrected chi connectivity index (χ3v) is 6.75. The van der Waals surface area contributed by atoms with E-state index in [4.69, 9.17) is 0 Å². The molecule has 9 heteroatoms. The van der Waals surface area contributed by atoms with Gasteiger partial charge in [0.25, 0.3) is 5.91 Å². The van der Waals surface area contributed by atoms with E-state index in [9.17, 15) is 17.6 Å². The zero-order chi connectivity index (χ0) is 18.9. The van der Waals surface area contributed by atoms with Gasteiger partial charge in [-0.2, -0.15) is 9.30 Å². The van der Waals surface area contributed by atoms with Crippen LogP contribution in [0.1, 0.15) is 0 Å². The minimum Gasteiger partial charge on any atom is -0.319 e. The van der Waals surface area contributed by atoms with Crippen molar-refractivity contribution in [3.63, 3.8) is 0 Å². The molecule has 0 saturated heterocycles. The van der Waals surface area contributed by atoms with Gasteiger partial charge in [0.2, 0.25) is 10.0 Å². The number of carbonyl (C=O) groups excluding carboxylic acids is 1. The molecular weight excluding hydrogens is 377 g/mol. The lowest BCUT2D eigenvalue weighted by Crippen LogP contribution is -2.32. The number of halogens is 1. The van der Waals surface area contributed by atoms with Crippen molar-refractivity contribution in [2.24, 2.45) is 12.0 Å². The maximum Gasteiger partial charge on any atom is 0.263 e. The number of thiazole rings is 1. The number of hydrogen-bond donors (Lipinski definition) is 0. The summed E-state index contributed by atoms with van der Waals surface area (Å²) in [6, 6.07) is 12.1. The molecule has 0 unspecified atom stereocenters. The van der Waals surface area contributed by atoms with E-state index < -0.39 is 28.3 Å². The molecule has 0 bridgehead atoms. The van der Waals surface area contributed by atoms with Crippen LogP contribution >= 0.6 is 11.3 Å². The Labute approximate surface area is 153 Å². The highest BCUT2D eigenvalue weighted by atomic mass is 32.2. The Bertz CT molecular complexity index is 1130. The molecule has 1 aromatic heterocycles. The second-order valence-electron chi connectivity index (χ2n) is 5.63. The fourth-order valence-electron chi connectivity index (χ4n) is 2.39. The van der Waals surface area contributed by atoms with Crippen LogP contribution in [0.5, 0.6) is 0 Å². The first-order valence-corrected chi connectivity index (χ1v) is 9.89. The van der Waals surface area contributed by atoms with E-state index >= 15 is 0 Å². The molecule has 0 fully saturated rings. The topological polar surface area (TPSA) is 71.7 Å². The van der Waals surface area contributed by atoms with Gasteiger partial charge >= 0.3 is 0 Å². The fourth-order valence-corrected chi connectivity index (χ4v) is 4.55. The van der Waals surface area contributed by atoms with E-state index in [2.05, 4.69) is 4.99 Å². The third kappa shape index (κ3) is 3.59. The molecule has 0 spiro atoms. The van der Waals surface area contributed by atoms with Crippen molar-refractivity contribution < 1.29 is 17.6 Å². The Morgan fingerprint density at radius 3 is 2.50 bits per heavy atom. The van der Waals surface area contributed by atoms with Crippen molar-refractivity contribution in [3.8, 4) is 0 Å². The van der Waals surface area contributed by atoms with Crippen LogP contribution in [-0.2, 0) is 21.9 Å². The summed E-state index contributed by atoms with van der Waals surface area (Å²) < 4.78 is 41.5. The number of para-hydroxylation sites is 1. The number of aromatic nitrogens is 1. The molecule has 6 nitrogen and oxygen atoms in total. The van der Waals surface area contributed by atoms with E-state index in [0.717, 1.165) is 38.8 Å². The summed E-state index contributed by atoms with van der Waals surface area (Å²) in [4.78, 5) is 16.7. The first kappa shape index (κ1) is 18.4. The van der Waals surface area contributed by atoms with Crippen molar-refractivity contribution in [2.75, 3.05) is 13.6 Å². The number of amides is 1. The second kappa shape index (κ2) is 7.10. The normalized spacial score (nSPS) is 12.8. The summed E-state index contributed by atoms with van der Waals surface area (Å²) >= 11 is 1.35. The molecule has 3 aromatic rings. The Balaban J connectivity index is 1.84. The van der Waals surface area contributed by atoms with Crippen molar-refractivity contribution in [1.82, 2.24) is 8.87 Å². The predicted molar refractivity (Wildman–Crippen MR) is 97.6 cm³/mol. The number of aryl methyl sites for hydroxylation is 1.